The summed E-state index contributed by atoms with van der Waals surface area (Å²) in [5.41, 5.74) is 1.99. The number of aromatic nitrogens is 1. The Bertz CT molecular complexity index is 722. The molecule has 2 heterocycles. The van der Waals surface area contributed by atoms with Gasteiger partial charge in [-0.1, -0.05) is 6.07 Å². The van der Waals surface area contributed by atoms with Crippen molar-refractivity contribution in [3.63, 3.8) is 0 Å². The minimum absolute atomic E-state index is 0.00719. The number of pyridine rings is 1. The number of aliphatic hydroxyl groups is 1. The maximum Gasteiger partial charge on any atom is 0.253 e. The molecule has 1 saturated heterocycles. The molecular formula is C18H17N3O2. The Hall–Kier alpha value is -2.71. The monoisotopic (exact) mass is 307 g/mol. The van der Waals surface area contributed by atoms with Gasteiger partial charge in [-0.3, -0.25) is 9.78 Å². The van der Waals surface area contributed by atoms with Gasteiger partial charge in [0.2, 0.25) is 0 Å². The van der Waals surface area contributed by atoms with Crippen LogP contribution in [-0.2, 0) is 0 Å². The number of amides is 1. The SMILES string of the molecule is N#Cc1ccc(C(=O)N2C[C@@H](CO)[C@H](c3ccccn3)C2)cc1. The van der Waals surface area contributed by atoms with Gasteiger partial charge in [0.05, 0.1) is 11.6 Å². The molecule has 5 heteroatoms. The number of hydrogen-bond donors (Lipinski definition) is 1. The molecule has 1 aliphatic heterocycles. The molecule has 2 atom stereocenters. The van der Waals surface area contributed by atoms with Gasteiger partial charge in [-0.05, 0) is 36.4 Å². The second-order valence-corrected chi connectivity index (χ2v) is 5.70. The zero-order valence-corrected chi connectivity index (χ0v) is 12.6. The van der Waals surface area contributed by atoms with Crippen molar-refractivity contribution in [3.8, 4) is 6.07 Å². The number of benzene rings is 1. The van der Waals surface area contributed by atoms with Crippen molar-refractivity contribution in [1.82, 2.24) is 9.88 Å². The third-order valence-electron chi connectivity index (χ3n) is 4.29. The molecule has 0 unspecified atom stereocenters. The van der Waals surface area contributed by atoms with Crippen LogP contribution in [0.1, 0.15) is 27.5 Å². The first-order chi connectivity index (χ1) is 11.2. The summed E-state index contributed by atoms with van der Waals surface area (Å²) in [6.07, 6.45) is 1.73. The summed E-state index contributed by atoms with van der Waals surface area (Å²) in [7, 11) is 0. The van der Waals surface area contributed by atoms with Crippen LogP contribution in [0.4, 0.5) is 0 Å². The van der Waals surface area contributed by atoms with E-state index in [0.717, 1.165) is 5.69 Å². The first-order valence-electron chi connectivity index (χ1n) is 7.54. The minimum atomic E-state index is -0.0774. The van der Waals surface area contributed by atoms with Gasteiger partial charge in [0.15, 0.2) is 0 Å². The number of aliphatic hydroxyl groups excluding tert-OH is 1. The molecule has 3 rings (SSSR count). The topological polar surface area (TPSA) is 77.2 Å². The van der Waals surface area contributed by atoms with Crippen LogP contribution in [0, 0.1) is 17.2 Å². The van der Waals surface area contributed by atoms with E-state index < -0.39 is 0 Å². The first kappa shape index (κ1) is 15.2. The molecule has 0 saturated carbocycles. The van der Waals surface area contributed by atoms with Crippen LogP contribution in [-0.4, -0.2) is 40.6 Å². The molecule has 0 radical (unpaired) electrons. The number of nitriles is 1. The van der Waals surface area contributed by atoms with Gasteiger partial charge in [-0.25, -0.2) is 0 Å². The molecule has 5 nitrogen and oxygen atoms in total. The van der Waals surface area contributed by atoms with Gasteiger partial charge in [-0.2, -0.15) is 5.26 Å². The highest BCUT2D eigenvalue weighted by molar-refractivity contribution is 5.94. The first-order valence-corrected chi connectivity index (χ1v) is 7.54. The van der Waals surface area contributed by atoms with E-state index in [2.05, 4.69) is 4.98 Å². The van der Waals surface area contributed by atoms with Crippen LogP contribution in [0.15, 0.2) is 48.7 Å². The Morgan fingerprint density at radius 2 is 2.04 bits per heavy atom. The lowest BCUT2D eigenvalue weighted by Gasteiger charge is -2.16. The number of carbonyl (C=O) groups excluding carboxylic acids is 1. The van der Waals surface area contributed by atoms with Crippen molar-refractivity contribution in [2.45, 2.75) is 5.92 Å². The second-order valence-electron chi connectivity index (χ2n) is 5.70. The van der Waals surface area contributed by atoms with Gasteiger partial charge in [0.25, 0.3) is 5.91 Å². The number of hydrogen-bond acceptors (Lipinski definition) is 4. The summed E-state index contributed by atoms with van der Waals surface area (Å²) in [5.74, 6) is -0.0397. The highest BCUT2D eigenvalue weighted by atomic mass is 16.3. The Morgan fingerprint density at radius 1 is 1.26 bits per heavy atom. The van der Waals surface area contributed by atoms with Crippen LogP contribution in [0.25, 0.3) is 0 Å². The molecule has 0 spiro atoms. The molecule has 1 amide bonds. The zero-order chi connectivity index (χ0) is 16.2. The fraction of sp³-hybridized carbons (Fsp3) is 0.278. The summed E-state index contributed by atoms with van der Waals surface area (Å²) >= 11 is 0. The highest BCUT2D eigenvalue weighted by Gasteiger charge is 2.36. The number of carbonyl (C=O) groups is 1. The predicted octanol–water partition coefficient (Wildman–Crippen LogP) is 1.80. The summed E-state index contributed by atoms with van der Waals surface area (Å²) in [5, 5.41) is 18.5. The average Bonchev–Trinajstić information content (AvgIpc) is 3.06. The standard InChI is InChI=1S/C18H17N3O2/c19-9-13-4-6-14(7-5-13)18(23)21-10-15(12-22)16(11-21)17-3-1-2-8-20-17/h1-8,15-16,22H,10-12H2/t15-,16+/m0/s1. The summed E-state index contributed by atoms with van der Waals surface area (Å²) < 4.78 is 0. The van der Waals surface area contributed by atoms with E-state index in [4.69, 9.17) is 5.26 Å². The van der Waals surface area contributed by atoms with E-state index in [1.807, 2.05) is 24.3 Å². The Balaban J connectivity index is 1.79. The maximum atomic E-state index is 12.6. The van der Waals surface area contributed by atoms with Crippen molar-refractivity contribution in [2.24, 2.45) is 5.92 Å². The predicted molar refractivity (Wildman–Crippen MR) is 84.6 cm³/mol. The summed E-state index contributed by atoms with van der Waals surface area (Å²) in [6, 6.07) is 14.4. The minimum Gasteiger partial charge on any atom is -0.396 e. The molecule has 2 aromatic rings. The molecule has 1 aliphatic rings. The van der Waals surface area contributed by atoms with Crippen molar-refractivity contribution in [1.29, 1.82) is 5.26 Å². The molecule has 1 N–H and O–H groups in total. The van der Waals surface area contributed by atoms with Crippen molar-refractivity contribution >= 4 is 5.91 Å². The number of likely N-dealkylation sites (tertiary alicyclic amines) is 1. The third-order valence-corrected chi connectivity index (χ3v) is 4.29. The van der Waals surface area contributed by atoms with Crippen LogP contribution in [0.2, 0.25) is 0 Å². The lowest BCUT2D eigenvalue weighted by Crippen LogP contribution is -2.29. The summed E-state index contributed by atoms with van der Waals surface area (Å²) in [4.78, 5) is 18.7. The average molecular weight is 307 g/mol. The summed E-state index contributed by atoms with van der Waals surface area (Å²) in [6.45, 7) is 1.08. The lowest BCUT2D eigenvalue weighted by molar-refractivity contribution is 0.0781. The van der Waals surface area contributed by atoms with Crippen LogP contribution < -0.4 is 0 Å². The number of rotatable bonds is 3. The molecule has 1 aromatic heterocycles. The van der Waals surface area contributed by atoms with Gasteiger partial charge < -0.3 is 10.0 Å². The quantitative estimate of drug-likeness (QED) is 0.938. The normalized spacial score (nSPS) is 20.3. The van der Waals surface area contributed by atoms with Crippen molar-refractivity contribution in [3.05, 3.63) is 65.5 Å². The molecule has 116 valence electrons. The van der Waals surface area contributed by atoms with Gasteiger partial charge in [-0.15, -0.1) is 0 Å². The zero-order valence-electron chi connectivity index (χ0n) is 12.6. The molecule has 23 heavy (non-hydrogen) atoms. The Morgan fingerprint density at radius 3 is 2.65 bits per heavy atom. The largest absolute Gasteiger partial charge is 0.396 e. The van der Waals surface area contributed by atoms with E-state index in [1.165, 1.54) is 0 Å². The van der Waals surface area contributed by atoms with Crippen LogP contribution in [0.3, 0.4) is 0 Å². The molecule has 1 fully saturated rings. The molecular weight excluding hydrogens is 290 g/mol. The van der Waals surface area contributed by atoms with E-state index in [-0.39, 0.29) is 24.3 Å². The van der Waals surface area contributed by atoms with Gasteiger partial charge in [0.1, 0.15) is 0 Å². The van der Waals surface area contributed by atoms with Gasteiger partial charge in [0, 0.05) is 49.0 Å². The molecule has 0 bridgehead atoms. The molecule has 1 aromatic carbocycles. The van der Waals surface area contributed by atoms with Crippen LogP contribution >= 0.6 is 0 Å². The van der Waals surface area contributed by atoms with E-state index in [1.54, 1.807) is 35.4 Å². The van der Waals surface area contributed by atoms with E-state index >= 15 is 0 Å². The lowest BCUT2D eigenvalue weighted by atomic mass is 9.93. The fourth-order valence-electron chi connectivity index (χ4n) is 3.02. The maximum absolute atomic E-state index is 12.6. The van der Waals surface area contributed by atoms with Crippen molar-refractivity contribution < 1.29 is 9.90 Å². The van der Waals surface area contributed by atoms with Crippen LogP contribution in [0.5, 0.6) is 0 Å². The van der Waals surface area contributed by atoms with Crippen molar-refractivity contribution in [2.75, 3.05) is 19.7 Å². The fourth-order valence-corrected chi connectivity index (χ4v) is 3.02. The highest BCUT2D eigenvalue weighted by Crippen LogP contribution is 2.32. The second kappa shape index (κ2) is 6.59. The smallest absolute Gasteiger partial charge is 0.253 e. The van der Waals surface area contributed by atoms with E-state index in [9.17, 15) is 9.90 Å². The van der Waals surface area contributed by atoms with E-state index in [0.29, 0.717) is 24.2 Å². The Labute approximate surface area is 134 Å². The molecule has 0 aliphatic carbocycles. The van der Waals surface area contributed by atoms with Gasteiger partial charge >= 0.3 is 0 Å². The third kappa shape index (κ3) is 3.08. The number of nitrogens with zero attached hydrogens (tertiary/aromatic N) is 3. The Kier molecular flexibility index (Phi) is 4.35.